The van der Waals surface area contributed by atoms with Crippen molar-refractivity contribution in [1.82, 2.24) is 9.97 Å². The topological polar surface area (TPSA) is 75.6 Å². The van der Waals surface area contributed by atoms with Crippen molar-refractivity contribution < 1.29 is 0 Å². The van der Waals surface area contributed by atoms with Crippen molar-refractivity contribution in [2.45, 2.75) is 17.3 Å². The van der Waals surface area contributed by atoms with Crippen molar-refractivity contribution in [3.05, 3.63) is 83.0 Å². The Morgan fingerprint density at radius 2 is 1.54 bits per heavy atom. The van der Waals surface area contributed by atoms with E-state index in [9.17, 15) is 5.26 Å². The molecule has 24 heavy (non-hydrogen) atoms. The number of aromatic nitrogens is 2. The van der Waals surface area contributed by atoms with Gasteiger partial charge in [-0.1, -0.05) is 72.4 Å². The maximum Gasteiger partial charge on any atom is 0.190 e. The number of nitriles is 1. The van der Waals surface area contributed by atoms with E-state index in [1.54, 1.807) is 0 Å². The van der Waals surface area contributed by atoms with Crippen molar-refractivity contribution in [2.24, 2.45) is 0 Å². The highest BCUT2D eigenvalue weighted by molar-refractivity contribution is 7.98. The van der Waals surface area contributed by atoms with E-state index in [0.29, 0.717) is 22.8 Å². The van der Waals surface area contributed by atoms with Crippen LogP contribution in [0.4, 0.5) is 5.82 Å². The van der Waals surface area contributed by atoms with Gasteiger partial charge in [0.15, 0.2) is 5.16 Å². The van der Waals surface area contributed by atoms with Gasteiger partial charge in [-0.3, -0.25) is 0 Å². The third-order valence-electron chi connectivity index (χ3n) is 3.53. The fourth-order valence-electron chi connectivity index (χ4n) is 2.33. The normalized spacial score (nSPS) is 10.3. The maximum atomic E-state index is 9.36. The van der Waals surface area contributed by atoms with Crippen molar-refractivity contribution in [1.29, 1.82) is 5.26 Å². The number of nitrogens with two attached hydrogens (primary N) is 1. The highest BCUT2D eigenvalue weighted by Gasteiger charge is 2.13. The average molecular weight is 332 g/mol. The smallest absolute Gasteiger partial charge is 0.190 e. The number of anilines is 1. The SMILES string of the molecule is N#Cc1c(N)nc(SCc2ccccc2)nc1Cc1ccccc1. The van der Waals surface area contributed by atoms with Gasteiger partial charge in [-0.2, -0.15) is 5.26 Å². The first kappa shape index (κ1) is 16.0. The standard InChI is InChI=1S/C19H16N4S/c20-12-16-17(11-14-7-3-1-4-8-14)22-19(23-18(16)21)24-13-15-9-5-2-6-10-15/h1-10H,11,13H2,(H2,21,22,23). The van der Waals surface area contributed by atoms with E-state index in [1.807, 2.05) is 48.5 Å². The highest BCUT2D eigenvalue weighted by atomic mass is 32.2. The van der Waals surface area contributed by atoms with Crippen molar-refractivity contribution in [3.63, 3.8) is 0 Å². The fourth-order valence-corrected chi connectivity index (χ4v) is 3.15. The molecule has 0 aliphatic carbocycles. The minimum atomic E-state index is 0.244. The zero-order chi connectivity index (χ0) is 16.8. The van der Waals surface area contributed by atoms with Crippen LogP contribution in [0.5, 0.6) is 0 Å². The van der Waals surface area contributed by atoms with E-state index in [4.69, 9.17) is 5.73 Å². The van der Waals surface area contributed by atoms with E-state index < -0.39 is 0 Å². The zero-order valence-corrected chi connectivity index (χ0v) is 13.8. The second-order valence-corrected chi connectivity index (χ2v) is 6.20. The molecule has 4 nitrogen and oxygen atoms in total. The molecule has 0 amide bonds. The second kappa shape index (κ2) is 7.62. The van der Waals surface area contributed by atoms with Crippen LogP contribution in [-0.4, -0.2) is 9.97 Å². The zero-order valence-electron chi connectivity index (χ0n) is 13.0. The lowest BCUT2D eigenvalue weighted by Gasteiger charge is -2.08. The van der Waals surface area contributed by atoms with E-state index in [2.05, 4.69) is 28.2 Å². The third-order valence-corrected chi connectivity index (χ3v) is 4.45. The summed E-state index contributed by atoms with van der Waals surface area (Å²) in [4.78, 5) is 8.83. The molecule has 1 aromatic heterocycles. The molecule has 0 fully saturated rings. The second-order valence-electron chi connectivity index (χ2n) is 5.26. The summed E-state index contributed by atoms with van der Waals surface area (Å²) in [5.74, 6) is 1.01. The molecule has 0 spiro atoms. The van der Waals surface area contributed by atoms with Crippen LogP contribution in [0.25, 0.3) is 0 Å². The summed E-state index contributed by atoms with van der Waals surface area (Å²) in [5.41, 5.74) is 9.29. The number of rotatable bonds is 5. The quantitative estimate of drug-likeness (QED) is 0.568. The van der Waals surface area contributed by atoms with Gasteiger partial charge in [-0.25, -0.2) is 9.97 Å². The summed E-state index contributed by atoms with van der Waals surface area (Å²) in [6, 6.07) is 22.2. The van der Waals surface area contributed by atoms with Crippen molar-refractivity contribution in [2.75, 3.05) is 5.73 Å². The Bertz CT molecular complexity index is 858. The lowest BCUT2D eigenvalue weighted by atomic mass is 10.1. The molecule has 0 radical (unpaired) electrons. The molecule has 3 rings (SSSR count). The minimum Gasteiger partial charge on any atom is -0.382 e. The van der Waals surface area contributed by atoms with Gasteiger partial charge in [-0.05, 0) is 11.1 Å². The summed E-state index contributed by atoms with van der Waals surface area (Å²) in [6.45, 7) is 0. The van der Waals surface area contributed by atoms with Gasteiger partial charge in [0.05, 0.1) is 5.69 Å². The van der Waals surface area contributed by atoms with E-state index in [-0.39, 0.29) is 5.82 Å². The Kier molecular flexibility index (Phi) is 5.09. The van der Waals surface area contributed by atoms with Crippen LogP contribution in [0.2, 0.25) is 0 Å². The Balaban J connectivity index is 1.84. The van der Waals surface area contributed by atoms with E-state index in [1.165, 1.54) is 17.3 Å². The molecule has 1 heterocycles. The molecule has 3 aromatic rings. The van der Waals surface area contributed by atoms with Crippen LogP contribution >= 0.6 is 11.8 Å². The molecule has 0 unspecified atom stereocenters. The van der Waals surface area contributed by atoms with E-state index >= 15 is 0 Å². The summed E-state index contributed by atoms with van der Waals surface area (Å²) in [6.07, 6.45) is 0.565. The van der Waals surface area contributed by atoms with Gasteiger partial charge in [-0.15, -0.1) is 0 Å². The Hall–Kier alpha value is -2.84. The Labute approximate surface area is 145 Å². The molecule has 118 valence electrons. The monoisotopic (exact) mass is 332 g/mol. The predicted octanol–water partition coefficient (Wildman–Crippen LogP) is 3.81. The average Bonchev–Trinajstić information content (AvgIpc) is 2.62. The van der Waals surface area contributed by atoms with E-state index in [0.717, 1.165) is 11.3 Å². The first-order valence-corrected chi connectivity index (χ1v) is 8.52. The summed E-state index contributed by atoms with van der Waals surface area (Å²) >= 11 is 1.52. The fraction of sp³-hybridized carbons (Fsp3) is 0.105. The molecule has 0 aliphatic rings. The molecule has 0 saturated carbocycles. The lowest BCUT2D eigenvalue weighted by molar-refractivity contribution is 0.902. The largest absolute Gasteiger partial charge is 0.382 e. The van der Waals surface area contributed by atoms with Gasteiger partial charge in [0.2, 0.25) is 0 Å². The number of benzene rings is 2. The molecule has 2 aromatic carbocycles. The summed E-state index contributed by atoms with van der Waals surface area (Å²) in [7, 11) is 0. The van der Waals surface area contributed by atoms with Crippen LogP contribution in [0.15, 0.2) is 65.8 Å². The summed E-state index contributed by atoms with van der Waals surface area (Å²) < 4.78 is 0. The van der Waals surface area contributed by atoms with Gasteiger partial charge >= 0.3 is 0 Å². The van der Waals surface area contributed by atoms with Crippen LogP contribution in [0.1, 0.15) is 22.4 Å². The highest BCUT2D eigenvalue weighted by Crippen LogP contribution is 2.24. The molecule has 0 bridgehead atoms. The number of nitrogen functional groups attached to an aromatic ring is 1. The van der Waals surface area contributed by atoms with Gasteiger partial charge in [0.1, 0.15) is 17.5 Å². The van der Waals surface area contributed by atoms with Crippen LogP contribution < -0.4 is 5.73 Å². The van der Waals surface area contributed by atoms with Crippen molar-refractivity contribution >= 4 is 17.6 Å². The van der Waals surface area contributed by atoms with Gasteiger partial charge in [0.25, 0.3) is 0 Å². The first-order valence-electron chi connectivity index (χ1n) is 7.53. The maximum absolute atomic E-state index is 9.36. The molecule has 0 aliphatic heterocycles. The third kappa shape index (κ3) is 3.92. The van der Waals surface area contributed by atoms with Crippen LogP contribution in [0.3, 0.4) is 0 Å². The molecule has 5 heteroatoms. The Morgan fingerprint density at radius 3 is 2.17 bits per heavy atom. The first-order chi connectivity index (χ1) is 11.8. The summed E-state index contributed by atoms with van der Waals surface area (Å²) in [5, 5.41) is 9.96. The molecule has 0 atom stereocenters. The van der Waals surface area contributed by atoms with Gasteiger partial charge in [0, 0.05) is 12.2 Å². The van der Waals surface area contributed by atoms with Crippen LogP contribution in [-0.2, 0) is 12.2 Å². The molecular formula is C19H16N4S. The predicted molar refractivity (Wildman–Crippen MR) is 96.4 cm³/mol. The molecule has 2 N–H and O–H groups in total. The Morgan fingerprint density at radius 1 is 0.917 bits per heavy atom. The van der Waals surface area contributed by atoms with Gasteiger partial charge < -0.3 is 5.73 Å². The number of nitrogens with zero attached hydrogens (tertiary/aromatic N) is 3. The minimum absolute atomic E-state index is 0.244. The molecular weight excluding hydrogens is 316 g/mol. The number of hydrogen-bond donors (Lipinski definition) is 1. The number of thioether (sulfide) groups is 1. The van der Waals surface area contributed by atoms with Crippen LogP contribution in [0, 0.1) is 11.3 Å². The number of hydrogen-bond acceptors (Lipinski definition) is 5. The molecule has 0 saturated heterocycles. The van der Waals surface area contributed by atoms with Crippen molar-refractivity contribution in [3.8, 4) is 6.07 Å². The lowest BCUT2D eigenvalue weighted by Crippen LogP contribution is -2.06.